The van der Waals surface area contributed by atoms with Crippen molar-refractivity contribution in [2.45, 2.75) is 45.1 Å². The van der Waals surface area contributed by atoms with Crippen molar-refractivity contribution in [2.24, 2.45) is 0 Å². The van der Waals surface area contributed by atoms with Gasteiger partial charge in [-0.3, -0.25) is 19.8 Å². The maximum atomic E-state index is 12.2. The zero-order chi connectivity index (χ0) is 22.3. The third kappa shape index (κ3) is 4.01. The number of nitrogens with one attached hydrogen (secondary N) is 1. The highest BCUT2D eigenvalue weighted by atomic mass is 16.4. The van der Waals surface area contributed by atoms with Gasteiger partial charge in [0.05, 0.1) is 21.4 Å². The third-order valence-corrected chi connectivity index (χ3v) is 4.45. The molecule has 1 aromatic carbocycles. The van der Waals surface area contributed by atoms with Gasteiger partial charge in [-0.15, -0.1) is 0 Å². The van der Waals surface area contributed by atoms with Crippen molar-refractivity contribution in [3.63, 3.8) is 0 Å². The zero-order valence-electron chi connectivity index (χ0n) is 17.8. The minimum absolute atomic E-state index is 0.237. The van der Waals surface area contributed by atoms with E-state index in [0.29, 0.717) is 33.4 Å². The Labute approximate surface area is 165 Å². The molecule has 2 heterocycles. The summed E-state index contributed by atoms with van der Waals surface area (Å²) < 4.78 is 21.8. The number of piperidine rings is 1. The second kappa shape index (κ2) is 7.39. The molecule has 0 aliphatic carbocycles. The van der Waals surface area contributed by atoms with Gasteiger partial charge in [0.1, 0.15) is 5.58 Å². The summed E-state index contributed by atoms with van der Waals surface area (Å²) in [6, 6.07) is 4.96. The minimum Gasteiger partial charge on any atom is -0.465 e. The van der Waals surface area contributed by atoms with Crippen LogP contribution in [0.2, 0.25) is 0 Å². The van der Waals surface area contributed by atoms with E-state index in [1.807, 2.05) is 0 Å². The standard InChI is InChI=1S/C21H22N2O5/c1-21(2,3)23(20(26)27)10-4-5-13-6-8-17-15(11-13)16(12-28-17)14-7-9-18(24)22-19(14)25/h6,8,11-12,14H,7,9-10H2,1-3H3,(H,26,27)(H,22,24,25)/i10D2. The van der Waals surface area contributed by atoms with Gasteiger partial charge in [0.2, 0.25) is 11.8 Å². The molecule has 1 aliphatic heterocycles. The van der Waals surface area contributed by atoms with Crippen molar-refractivity contribution >= 4 is 28.9 Å². The number of amides is 3. The van der Waals surface area contributed by atoms with E-state index in [0.717, 1.165) is 0 Å². The molecule has 1 unspecified atom stereocenters. The molecule has 2 N–H and O–H groups in total. The van der Waals surface area contributed by atoms with Crippen LogP contribution in [0.15, 0.2) is 28.9 Å². The number of carboxylic acid groups (broad SMARTS) is 1. The van der Waals surface area contributed by atoms with Crippen LogP contribution in [0.25, 0.3) is 11.0 Å². The van der Waals surface area contributed by atoms with Crippen molar-refractivity contribution in [3.8, 4) is 11.8 Å². The molecule has 0 radical (unpaired) electrons. The van der Waals surface area contributed by atoms with Crippen LogP contribution in [0, 0.1) is 11.8 Å². The van der Waals surface area contributed by atoms with Gasteiger partial charge in [-0.1, -0.05) is 11.8 Å². The number of furan rings is 1. The van der Waals surface area contributed by atoms with Gasteiger partial charge in [-0.05, 0) is 45.4 Å². The van der Waals surface area contributed by atoms with Crippen LogP contribution in [-0.2, 0) is 9.59 Å². The van der Waals surface area contributed by atoms with Crippen molar-refractivity contribution in [2.75, 3.05) is 6.50 Å². The van der Waals surface area contributed by atoms with Gasteiger partial charge in [-0.25, -0.2) is 4.79 Å². The van der Waals surface area contributed by atoms with E-state index in [2.05, 4.69) is 17.2 Å². The number of hydrogen-bond donors (Lipinski definition) is 2. The summed E-state index contributed by atoms with van der Waals surface area (Å²) in [4.78, 5) is 35.8. The van der Waals surface area contributed by atoms with E-state index in [9.17, 15) is 19.5 Å². The summed E-state index contributed by atoms with van der Waals surface area (Å²) in [5, 5.41) is 12.4. The van der Waals surface area contributed by atoms with Crippen LogP contribution in [0.3, 0.4) is 0 Å². The number of benzene rings is 1. The molecule has 1 atom stereocenters. The third-order valence-electron chi connectivity index (χ3n) is 4.45. The second-order valence-corrected chi connectivity index (χ2v) is 7.56. The lowest BCUT2D eigenvalue weighted by atomic mass is 9.90. The van der Waals surface area contributed by atoms with E-state index in [4.69, 9.17) is 7.16 Å². The molecule has 3 amide bonds. The molecule has 1 fully saturated rings. The lowest BCUT2D eigenvalue weighted by Gasteiger charge is -2.31. The molecule has 0 bridgehead atoms. The maximum absolute atomic E-state index is 12.2. The van der Waals surface area contributed by atoms with Crippen molar-refractivity contribution in [1.29, 1.82) is 0 Å². The normalized spacial score (nSPS) is 18.6. The number of nitrogens with zero attached hydrogens (tertiary/aromatic N) is 1. The molecule has 1 saturated heterocycles. The van der Waals surface area contributed by atoms with Crippen LogP contribution >= 0.6 is 0 Å². The molecule has 0 saturated carbocycles. The Hall–Kier alpha value is -3.27. The smallest absolute Gasteiger partial charge is 0.408 e. The lowest BCUT2D eigenvalue weighted by molar-refractivity contribution is -0.134. The SMILES string of the molecule is [2H]C([2H])(C#Cc1ccc2occ(C3CCC(=O)NC3=O)c2c1)N(C(=O)O)C(C)(C)C. The summed E-state index contributed by atoms with van der Waals surface area (Å²) in [7, 11) is 0. The van der Waals surface area contributed by atoms with Crippen LogP contribution in [-0.4, -0.2) is 39.9 Å². The lowest BCUT2D eigenvalue weighted by Crippen LogP contribution is -2.45. The first-order chi connectivity index (χ1) is 13.9. The summed E-state index contributed by atoms with van der Waals surface area (Å²) in [6.45, 7) is 2.35. The number of carbonyl (C=O) groups excluding carboxylic acids is 2. The van der Waals surface area contributed by atoms with Crippen molar-refractivity contribution in [3.05, 3.63) is 35.6 Å². The van der Waals surface area contributed by atoms with Crippen molar-refractivity contribution < 1.29 is 26.6 Å². The summed E-state index contributed by atoms with van der Waals surface area (Å²) in [5.41, 5.74) is 0.617. The molecule has 3 rings (SSSR count). The predicted octanol–water partition coefficient (Wildman–Crippen LogP) is 3.08. The van der Waals surface area contributed by atoms with Gasteiger partial charge in [0.25, 0.3) is 0 Å². The Kier molecular flexibility index (Phi) is 4.45. The fraction of sp³-hybridized carbons (Fsp3) is 0.381. The fourth-order valence-electron chi connectivity index (χ4n) is 3.05. The Morgan fingerprint density at radius 2 is 2.18 bits per heavy atom. The maximum Gasteiger partial charge on any atom is 0.408 e. The number of fused-ring (bicyclic) bond motifs is 1. The number of rotatable bonds is 2. The molecule has 28 heavy (non-hydrogen) atoms. The molecule has 1 aliphatic rings. The monoisotopic (exact) mass is 384 g/mol. The van der Waals surface area contributed by atoms with Gasteiger partial charge in [-0.2, -0.15) is 0 Å². The topological polar surface area (TPSA) is 99.9 Å². The van der Waals surface area contributed by atoms with Gasteiger partial charge in [0, 0.05) is 28.5 Å². The molecular formula is C21H22N2O5. The Bertz CT molecular complexity index is 1090. The highest BCUT2D eigenvalue weighted by Gasteiger charge is 2.30. The molecule has 0 spiro atoms. The van der Waals surface area contributed by atoms with Crippen LogP contribution in [0.5, 0.6) is 0 Å². The highest BCUT2D eigenvalue weighted by molar-refractivity contribution is 6.02. The fourth-order valence-corrected chi connectivity index (χ4v) is 3.05. The number of imide groups is 1. The largest absolute Gasteiger partial charge is 0.465 e. The second-order valence-electron chi connectivity index (χ2n) is 7.56. The van der Waals surface area contributed by atoms with E-state index >= 15 is 0 Å². The average molecular weight is 384 g/mol. The summed E-state index contributed by atoms with van der Waals surface area (Å²) in [6.07, 6.45) is 0.678. The van der Waals surface area contributed by atoms with Crippen LogP contribution in [0.1, 0.15) is 53.4 Å². The molecule has 1 aromatic heterocycles. The van der Waals surface area contributed by atoms with E-state index < -0.39 is 24.0 Å². The Morgan fingerprint density at radius 1 is 1.43 bits per heavy atom. The molecule has 7 nitrogen and oxygen atoms in total. The zero-order valence-corrected chi connectivity index (χ0v) is 15.8. The quantitative estimate of drug-likeness (QED) is 0.612. The predicted molar refractivity (Wildman–Crippen MR) is 103 cm³/mol. The van der Waals surface area contributed by atoms with Gasteiger partial charge < -0.3 is 9.52 Å². The summed E-state index contributed by atoms with van der Waals surface area (Å²) in [5.74, 6) is 3.89. The van der Waals surface area contributed by atoms with Crippen LogP contribution in [0.4, 0.5) is 4.79 Å². The summed E-state index contributed by atoms with van der Waals surface area (Å²) >= 11 is 0. The van der Waals surface area contributed by atoms with E-state index in [-0.39, 0.29) is 18.2 Å². The number of hydrogen-bond acceptors (Lipinski definition) is 4. The number of carbonyl (C=O) groups is 3. The van der Waals surface area contributed by atoms with Gasteiger partial charge >= 0.3 is 6.09 Å². The Balaban J connectivity index is 1.96. The molecule has 146 valence electrons. The van der Waals surface area contributed by atoms with Crippen molar-refractivity contribution in [1.82, 2.24) is 10.2 Å². The molecule has 2 aromatic rings. The first-order valence-electron chi connectivity index (χ1n) is 9.81. The minimum atomic E-state index is -2.41. The van der Waals surface area contributed by atoms with Gasteiger partial charge in [0.15, 0.2) is 0 Å². The van der Waals surface area contributed by atoms with E-state index in [1.54, 1.807) is 39.0 Å². The molecular weight excluding hydrogens is 360 g/mol. The molecule has 7 heteroatoms. The Morgan fingerprint density at radius 3 is 2.82 bits per heavy atom. The van der Waals surface area contributed by atoms with E-state index in [1.165, 1.54) is 6.26 Å². The van der Waals surface area contributed by atoms with Crippen LogP contribution < -0.4 is 5.32 Å². The first kappa shape index (κ1) is 16.9. The average Bonchev–Trinajstić information content (AvgIpc) is 3.01. The highest BCUT2D eigenvalue weighted by Crippen LogP contribution is 2.32. The first-order valence-corrected chi connectivity index (χ1v) is 8.81.